The van der Waals surface area contributed by atoms with Crippen LogP contribution in [0.25, 0.3) is 51.6 Å². The zero-order valence-electron chi connectivity index (χ0n) is 28.3. The molecule has 10 aromatic rings. The number of hydrogen-bond acceptors (Lipinski definition) is 3. The zero-order valence-corrected chi connectivity index (χ0v) is 29.9. The molecule has 1 atom stereocenters. The Bertz CT molecular complexity index is 2640. The summed E-state index contributed by atoms with van der Waals surface area (Å²) in [6.45, 7) is 0. The smallest absolute Gasteiger partial charge is 0.270 e. The minimum atomic E-state index is 0.0467. The topological polar surface area (TPSA) is 7.12 Å². The van der Waals surface area contributed by atoms with E-state index < -0.39 is 0 Å². The summed E-state index contributed by atoms with van der Waals surface area (Å²) >= 11 is 3.73. The van der Waals surface area contributed by atoms with Crippen LogP contribution in [-0.2, 0) is 0 Å². The fraction of sp³-hybridized carbons (Fsp3) is 0.0208. The Morgan fingerprint density at radius 3 is 1.67 bits per heavy atom. The molecule has 246 valence electrons. The molecule has 0 radical (unpaired) electrons. The van der Waals surface area contributed by atoms with Crippen molar-refractivity contribution in [3.63, 3.8) is 0 Å². The molecule has 3 heterocycles. The van der Waals surface area contributed by atoms with E-state index in [2.05, 4.69) is 204 Å². The fourth-order valence-electron chi connectivity index (χ4n) is 7.63. The summed E-state index contributed by atoms with van der Waals surface area (Å²) in [5, 5.41) is 5.22. The predicted octanol–water partition coefficient (Wildman–Crippen LogP) is 13.5. The van der Waals surface area contributed by atoms with Gasteiger partial charge in [0.1, 0.15) is 0 Å². The Morgan fingerprint density at radius 2 is 0.942 bits per heavy atom. The summed E-state index contributed by atoms with van der Waals surface area (Å²) in [5.74, 6) is 0. The molecule has 0 bridgehead atoms. The lowest BCUT2D eigenvalue weighted by Crippen LogP contribution is -2.40. The van der Waals surface area contributed by atoms with Crippen molar-refractivity contribution in [3.8, 4) is 11.1 Å². The van der Waals surface area contributed by atoms with E-state index in [1.165, 1.54) is 68.4 Å². The SMILES string of the molecule is c1ccc(C(c2ccc(-c3ccc(N(c4ccccc4)c4cccc5c4sc4ccccc45)cc3)cc2)[n+]2cccc3c4ccccc4sc32)cc1. The first-order valence-corrected chi connectivity index (χ1v) is 19.3. The molecule has 0 fully saturated rings. The molecule has 1 unspecified atom stereocenters. The van der Waals surface area contributed by atoms with Crippen molar-refractivity contribution in [1.29, 1.82) is 0 Å². The van der Waals surface area contributed by atoms with E-state index in [1.807, 2.05) is 22.7 Å². The summed E-state index contributed by atoms with van der Waals surface area (Å²) in [5.41, 5.74) is 8.39. The summed E-state index contributed by atoms with van der Waals surface area (Å²) in [6.07, 6.45) is 2.24. The summed E-state index contributed by atoms with van der Waals surface area (Å²) in [4.78, 5) is 3.67. The highest BCUT2D eigenvalue weighted by Crippen LogP contribution is 2.45. The van der Waals surface area contributed by atoms with E-state index in [1.54, 1.807) is 0 Å². The van der Waals surface area contributed by atoms with E-state index in [0.717, 1.165) is 11.4 Å². The molecular formula is C48H33N2S2+. The fourth-order valence-corrected chi connectivity index (χ4v) is 10.0. The number of pyridine rings is 1. The maximum Gasteiger partial charge on any atom is 0.270 e. The number of hydrogen-bond donors (Lipinski definition) is 0. The Morgan fingerprint density at radius 1 is 0.404 bits per heavy atom. The van der Waals surface area contributed by atoms with Gasteiger partial charge in [0.15, 0.2) is 6.20 Å². The molecular weight excluding hydrogens is 669 g/mol. The monoisotopic (exact) mass is 701 g/mol. The highest BCUT2D eigenvalue weighted by Gasteiger charge is 2.28. The van der Waals surface area contributed by atoms with Crippen molar-refractivity contribution in [2.24, 2.45) is 0 Å². The van der Waals surface area contributed by atoms with Gasteiger partial charge in [-0.25, -0.2) is 0 Å². The van der Waals surface area contributed by atoms with Crippen molar-refractivity contribution in [3.05, 3.63) is 205 Å². The van der Waals surface area contributed by atoms with Gasteiger partial charge >= 0.3 is 0 Å². The normalized spacial score (nSPS) is 12.2. The Kier molecular flexibility index (Phi) is 7.63. The van der Waals surface area contributed by atoms with Crippen LogP contribution in [0.2, 0.25) is 0 Å². The second kappa shape index (κ2) is 12.9. The predicted molar refractivity (Wildman–Crippen MR) is 223 cm³/mol. The molecule has 7 aromatic carbocycles. The molecule has 0 aliphatic heterocycles. The van der Waals surface area contributed by atoms with Crippen molar-refractivity contribution >= 4 is 80.2 Å². The number of thiophene rings is 2. The number of benzene rings is 7. The molecule has 2 nitrogen and oxygen atoms in total. The lowest BCUT2D eigenvalue weighted by Gasteiger charge is -2.26. The van der Waals surface area contributed by atoms with Crippen molar-refractivity contribution in [2.75, 3.05) is 4.90 Å². The number of aromatic nitrogens is 1. The quantitative estimate of drug-likeness (QED) is 0.150. The van der Waals surface area contributed by atoms with Crippen LogP contribution in [0, 0.1) is 0 Å². The molecule has 4 heteroatoms. The molecule has 3 aromatic heterocycles. The zero-order chi connectivity index (χ0) is 34.4. The third-order valence-electron chi connectivity index (χ3n) is 10.1. The van der Waals surface area contributed by atoms with Gasteiger partial charge in [-0.2, -0.15) is 4.57 Å². The van der Waals surface area contributed by atoms with Gasteiger partial charge in [-0.1, -0.05) is 145 Å². The Labute approximate surface area is 310 Å². The van der Waals surface area contributed by atoms with Gasteiger partial charge in [0.05, 0.1) is 15.8 Å². The molecule has 0 saturated heterocycles. The van der Waals surface area contributed by atoms with Gasteiger partial charge < -0.3 is 4.90 Å². The Balaban J connectivity index is 1.03. The van der Waals surface area contributed by atoms with Gasteiger partial charge in [-0.05, 0) is 59.7 Å². The van der Waals surface area contributed by atoms with Gasteiger partial charge in [-0.3, -0.25) is 0 Å². The number of rotatable bonds is 7. The number of fused-ring (bicyclic) bond motifs is 6. The lowest BCUT2D eigenvalue weighted by atomic mass is 9.95. The third-order valence-corrected chi connectivity index (χ3v) is 12.5. The largest absolute Gasteiger partial charge is 0.309 e. The summed E-state index contributed by atoms with van der Waals surface area (Å²) in [7, 11) is 0. The van der Waals surface area contributed by atoms with Crippen LogP contribution in [0.1, 0.15) is 17.2 Å². The molecule has 10 rings (SSSR count). The molecule has 0 aliphatic rings. The lowest BCUT2D eigenvalue weighted by molar-refractivity contribution is -0.677. The maximum absolute atomic E-state index is 2.45. The van der Waals surface area contributed by atoms with Gasteiger partial charge in [0, 0.05) is 54.1 Å². The first-order valence-electron chi connectivity index (χ1n) is 17.6. The van der Waals surface area contributed by atoms with Gasteiger partial charge in [0.2, 0.25) is 6.04 Å². The van der Waals surface area contributed by atoms with Crippen LogP contribution in [-0.4, -0.2) is 0 Å². The van der Waals surface area contributed by atoms with Crippen molar-refractivity contribution < 1.29 is 4.57 Å². The third kappa shape index (κ3) is 5.27. The standard InChI is InChI=1S/C48H33N2S2/c1-3-13-35(14-4-1)46(49-32-12-20-42-40-18-8-10-23-45(40)52-48(42)49)36-26-24-33(25-27-36)34-28-30-38(31-29-34)50(37-15-5-2-6-16-37)43-21-11-19-41-39-17-7-9-22-44(39)51-47(41)43/h1-32,46H/q+1. The molecule has 0 aliphatic carbocycles. The first kappa shape index (κ1) is 30.7. The van der Waals surface area contributed by atoms with E-state index >= 15 is 0 Å². The molecule has 0 spiro atoms. The second-order valence-corrected chi connectivity index (χ2v) is 15.2. The minimum absolute atomic E-state index is 0.0467. The second-order valence-electron chi connectivity index (χ2n) is 13.1. The van der Waals surface area contributed by atoms with Crippen LogP contribution in [0.15, 0.2) is 194 Å². The molecule has 0 saturated carbocycles. The van der Waals surface area contributed by atoms with E-state index in [4.69, 9.17) is 0 Å². The van der Waals surface area contributed by atoms with E-state index in [0.29, 0.717) is 0 Å². The average Bonchev–Trinajstić information content (AvgIpc) is 3.79. The Hall–Kier alpha value is -6.07. The van der Waals surface area contributed by atoms with Crippen LogP contribution < -0.4 is 9.47 Å². The summed E-state index contributed by atoms with van der Waals surface area (Å²) in [6, 6.07) is 68.4. The maximum atomic E-state index is 2.45. The summed E-state index contributed by atoms with van der Waals surface area (Å²) < 4.78 is 6.37. The minimum Gasteiger partial charge on any atom is -0.309 e. The number of anilines is 3. The molecule has 0 N–H and O–H groups in total. The average molecular weight is 702 g/mol. The van der Waals surface area contributed by atoms with Gasteiger partial charge in [-0.15, -0.1) is 11.3 Å². The van der Waals surface area contributed by atoms with Gasteiger partial charge in [0.25, 0.3) is 4.83 Å². The highest BCUT2D eigenvalue weighted by molar-refractivity contribution is 7.26. The van der Waals surface area contributed by atoms with Crippen molar-refractivity contribution in [1.82, 2.24) is 0 Å². The highest BCUT2D eigenvalue weighted by atomic mass is 32.1. The van der Waals surface area contributed by atoms with E-state index in [-0.39, 0.29) is 6.04 Å². The van der Waals surface area contributed by atoms with Crippen LogP contribution in [0.4, 0.5) is 17.1 Å². The van der Waals surface area contributed by atoms with E-state index in [9.17, 15) is 0 Å². The molecule has 52 heavy (non-hydrogen) atoms. The van der Waals surface area contributed by atoms with Crippen LogP contribution in [0.3, 0.4) is 0 Å². The van der Waals surface area contributed by atoms with Crippen LogP contribution in [0.5, 0.6) is 0 Å². The number of para-hydroxylation sites is 1. The number of nitrogens with zero attached hydrogens (tertiary/aromatic N) is 2. The van der Waals surface area contributed by atoms with Crippen molar-refractivity contribution in [2.45, 2.75) is 6.04 Å². The van der Waals surface area contributed by atoms with Crippen LogP contribution >= 0.6 is 22.7 Å². The molecule has 0 amide bonds. The first-order chi connectivity index (χ1) is 25.8.